The molecule has 1 atom stereocenters. The van der Waals surface area contributed by atoms with Gasteiger partial charge in [-0.3, -0.25) is 4.79 Å². The van der Waals surface area contributed by atoms with Gasteiger partial charge in [-0.1, -0.05) is 29.8 Å². The summed E-state index contributed by atoms with van der Waals surface area (Å²) >= 11 is 12.1. The predicted molar refractivity (Wildman–Crippen MR) is 88.3 cm³/mol. The van der Waals surface area contributed by atoms with Gasteiger partial charge in [0.05, 0.1) is 18.2 Å². The Morgan fingerprint density at radius 2 is 2.14 bits per heavy atom. The first-order valence-corrected chi connectivity index (χ1v) is 7.84. The number of amides is 1. The standard InChI is InChI=1S/C16H17Cl2N3O/c1-11-4-3-5-12(8-11)9-21-13(6-7-19-21)20-14(22)15(2)10-16(15,17)18/h3-8H,9-10H2,1-2H3,(H,20,22). The van der Waals surface area contributed by atoms with Crippen LogP contribution in [0.2, 0.25) is 0 Å². The van der Waals surface area contributed by atoms with E-state index in [1.807, 2.05) is 25.1 Å². The van der Waals surface area contributed by atoms with Crippen molar-refractivity contribution in [3.8, 4) is 0 Å². The van der Waals surface area contributed by atoms with Crippen molar-refractivity contribution in [3.05, 3.63) is 47.7 Å². The number of halogens is 2. The van der Waals surface area contributed by atoms with E-state index in [-0.39, 0.29) is 5.91 Å². The minimum Gasteiger partial charge on any atom is -0.310 e. The lowest BCUT2D eigenvalue weighted by Crippen LogP contribution is -2.27. The van der Waals surface area contributed by atoms with Crippen LogP contribution >= 0.6 is 23.2 Å². The molecule has 3 rings (SSSR count). The third-order valence-corrected chi connectivity index (χ3v) is 5.23. The second-order valence-electron chi connectivity index (χ2n) is 6.03. The highest BCUT2D eigenvalue weighted by atomic mass is 35.5. The molecule has 0 saturated heterocycles. The van der Waals surface area contributed by atoms with E-state index >= 15 is 0 Å². The summed E-state index contributed by atoms with van der Waals surface area (Å²) in [6.45, 7) is 4.40. The molecule has 1 aliphatic carbocycles. The number of rotatable bonds is 4. The van der Waals surface area contributed by atoms with Crippen LogP contribution in [0.25, 0.3) is 0 Å². The van der Waals surface area contributed by atoms with Crippen LogP contribution in [0.3, 0.4) is 0 Å². The molecule has 4 nitrogen and oxygen atoms in total. The van der Waals surface area contributed by atoms with Crippen molar-refractivity contribution in [2.24, 2.45) is 5.41 Å². The van der Waals surface area contributed by atoms with E-state index in [0.717, 1.165) is 5.56 Å². The Hall–Kier alpha value is -1.52. The van der Waals surface area contributed by atoms with E-state index in [0.29, 0.717) is 18.8 Å². The minimum absolute atomic E-state index is 0.177. The van der Waals surface area contributed by atoms with Crippen LogP contribution in [-0.2, 0) is 11.3 Å². The summed E-state index contributed by atoms with van der Waals surface area (Å²) in [6, 6.07) is 9.95. The maximum Gasteiger partial charge on any atom is 0.234 e. The smallest absolute Gasteiger partial charge is 0.234 e. The number of benzene rings is 1. The number of aromatic nitrogens is 2. The van der Waals surface area contributed by atoms with Crippen LogP contribution in [0.15, 0.2) is 36.5 Å². The summed E-state index contributed by atoms with van der Waals surface area (Å²) in [5.74, 6) is 0.465. The predicted octanol–water partition coefficient (Wildman–Crippen LogP) is 3.76. The van der Waals surface area contributed by atoms with Gasteiger partial charge in [0.15, 0.2) is 0 Å². The first-order chi connectivity index (χ1) is 10.3. The largest absolute Gasteiger partial charge is 0.310 e. The maximum atomic E-state index is 12.3. The van der Waals surface area contributed by atoms with Crippen LogP contribution < -0.4 is 5.32 Å². The molecule has 1 N–H and O–H groups in total. The zero-order valence-corrected chi connectivity index (χ0v) is 13.9. The lowest BCUT2D eigenvalue weighted by atomic mass is 10.1. The molecule has 22 heavy (non-hydrogen) atoms. The first-order valence-electron chi connectivity index (χ1n) is 7.08. The molecular formula is C16H17Cl2N3O. The van der Waals surface area contributed by atoms with Gasteiger partial charge in [-0.05, 0) is 25.8 Å². The number of hydrogen-bond donors (Lipinski definition) is 1. The number of aryl methyl sites for hydroxylation is 1. The molecule has 1 heterocycles. The zero-order chi connectivity index (χ0) is 16.0. The fourth-order valence-electron chi connectivity index (χ4n) is 2.45. The molecule has 0 radical (unpaired) electrons. The van der Waals surface area contributed by atoms with Crippen LogP contribution in [-0.4, -0.2) is 20.0 Å². The topological polar surface area (TPSA) is 46.9 Å². The Balaban J connectivity index is 1.74. The number of carbonyl (C=O) groups excluding carboxylic acids is 1. The molecule has 2 aromatic rings. The number of carbonyl (C=O) groups is 1. The quantitative estimate of drug-likeness (QED) is 0.863. The van der Waals surface area contributed by atoms with Crippen molar-refractivity contribution in [2.45, 2.75) is 31.1 Å². The number of alkyl halides is 2. The minimum atomic E-state index is -0.974. The maximum absolute atomic E-state index is 12.3. The van der Waals surface area contributed by atoms with Crippen LogP contribution in [0.5, 0.6) is 0 Å². The molecule has 116 valence electrons. The fraction of sp³-hybridized carbons (Fsp3) is 0.375. The number of anilines is 1. The second kappa shape index (κ2) is 5.28. The van der Waals surface area contributed by atoms with Gasteiger partial charge in [-0.2, -0.15) is 5.10 Å². The Morgan fingerprint density at radius 3 is 2.77 bits per heavy atom. The van der Waals surface area contributed by atoms with Gasteiger partial charge in [0, 0.05) is 6.07 Å². The average molecular weight is 338 g/mol. The molecule has 1 aromatic carbocycles. The third-order valence-electron chi connectivity index (χ3n) is 4.13. The van der Waals surface area contributed by atoms with E-state index in [2.05, 4.69) is 16.5 Å². The summed E-state index contributed by atoms with van der Waals surface area (Å²) in [5.41, 5.74) is 1.57. The number of nitrogens with one attached hydrogen (secondary N) is 1. The van der Waals surface area contributed by atoms with Gasteiger partial charge in [0.1, 0.15) is 10.2 Å². The highest BCUT2D eigenvalue weighted by Gasteiger charge is 2.68. The molecule has 1 fully saturated rings. The summed E-state index contributed by atoms with van der Waals surface area (Å²) in [7, 11) is 0. The van der Waals surface area contributed by atoms with E-state index in [1.54, 1.807) is 23.9 Å². The van der Waals surface area contributed by atoms with Gasteiger partial charge in [-0.15, -0.1) is 23.2 Å². The molecule has 6 heteroatoms. The van der Waals surface area contributed by atoms with E-state index in [1.165, 1.54) is 5.56 Å². The molecule has 0 bridgehead atoms. The summed E-state index contributed by atoms with van der Waals surface area (Å²) in [6.07, 6.45) is 2.12. The van der Waals surface area contributed by atoms with Gasteiger partial charge >= 0.3 is 0 Å². The lowest BCUT2D eigenvalue weighted by molar-refractivity contribution is -0.120. The number of nitrogens with zero attached hydrogens (tertiary/aromatic N) is 2. The monoisotopic (exact) mass is 337 g/mol. The van der Waals surface area contributed by atoms with Crippen molar-refractivity contribution in [1.29, 1.82) is 0 Å². The number of hydrogen-bond acceptors (Lipinski definition) is 2. The van der Waals surface area contributed by atoms with E-state index in [4.69, 9.17) is 23.2 Å². The highest BCUT2D eigenvalue weighted by molar-refractivity contribution is 6.53. The molecule has 0 spiro atoms. The molecule has 1 amide bonds. The second-order valence-corrected chi connectivity index (χ2v) is 7.51. The molecule has 1 saturated carbocycles. The SMILES string of the molecule is Cc1cccc(Cn2nccc2NC(=O)C2(C)CC2(Cl)Cl)c1. The Morgan fingerprint density at radius 1 is 1.41 bits per heavy atom. The van der Waals surface area contributed by atoms with Crippen molar-refractivity contribution in [3.63, 3.8) is 0 Å². The van der Waals surface area contributed by atoms with Crippen LogP contribution in [0, 0.1) is 12.3 Å². The Kier molecular flexibility index (Phi) is 3.69. The summed E-state index contributed by atoms with van der Waals surface area (Å²) in [5, 5.41) is 7.15. The van der Waals surface area contributed by atoms with Crippen molar-refractivity contribution in [1.82, 2.24) is 9.78 Å². The fourth-order valence-corrected chi connectivity index (χ4v) is 3.15. The first kappa shape index (κ1) is 15.4. The normalized spacial score (nSPS) is 22.4. The zero-order valence-electron chi connectivity index (χ0n) is 12.4. The molecule has 1 aliphatic rings. The van der Waals surface area contributed by atoms with Crippen molar-refractivity contribution < 1.29 is 4.79 Å². The van der Waals surface area contributed by atoms with Gasteiger partial charge < -0.3 is 5.32 Å². The summed E-state index contributed by atoms with van der Waals surface area (Å²) < 4.78 is 0.779. The molecule has 0 aliphatic heterocycles. The van der Waals surface area contributed by atoms with Gasteiger partial charge in [-0.25, -0.2) is 4.68 Å². The Labute approximate surface area is 139 Å². The van der Waals surface area contributed by atoms with Crippen LogP contribution in [0.1, 0.15) is 24.5 Å². The van der Waals surface area contributed by atoms with E-state index < -0.39 is 9.75 Å². The lowest BCUT2D eigenvalue weighted by Gasteiger charge is -2.14. The van der Waals surface area contributed by atoms with Gasteiger partial charge in [0.25, 0.3) is 0 Å². The third kappa shape index (κ3) is 2.73. The van der Waals surface area contributed by atoms with Crippen molar-refractivity contribution >= 4 is 34.9 Å². The van der Waals surface area contributed by atoms with Crippen molar-refractivity contribution in [2.75, 3.05) is 5.32 Å². The molecule has 1 unspecified atom stereocenters. The molecular weight excluding hydrogens is 321 g/mol. The molecule has 1 aromatic heterocycles. The van der Waals surface area contributed by atoms with Crippen LogP contribution in [0.4, 0.5) is 5.82 Å². The highest BCUT2D eigenvalue weighted by Crippen LogP contribution is 2.64. The Bertz CT molecular complexity index is 726. The average Bonchev–Trinajstić information content (AvgIpc) is 2.77. The van der Waals surface area contributed by atoms with Gasteiger partial charge in [0.2, 0.25) is 5.91 Å². The summed E-state index contributed by atoms with van der Waals surface area (Å²) in [4.78, 5) is 12.3. The van der Waals surface area contributed by atoms with E-state index in [9.17, 15) is 4.79 Å².